The molecule has 0 radical (unpaired) electrons. The number of dihydropyridines is 1. The minimum Gasteiger partial charge on any atom is -0.496 e. The molecule has 0 amide bonds. The summed E-state index contributed by atoms with van der Waals surface area (Å²) in [5.41, 5.74) is 4.78. The highest BCUT2D eigenvalue weighted by atomic mass is 16.6. The van der Waals surface area contributed by atoms with Crippen LogP contribution in [0.3, 0.4) is 0 Å². The first kappa shape index (κ1) is 28.0. The van der Waals surface area contributed by atoms with Crippen LogP contribution in [-0.2, 0) is 14.3 Å². The fourth-order valence-electron chi connectivity index (χ4n) is 5.38. The minimum atomic E-state index is -0.507. The fourth-order valence-corrected chi connectivity index (χ4v) is 5.38. The summed E-state index contributed by atoms with van der Waals surface area (Å²) in [5, 5.41) is 13.4. The Morgan fingerprint density at radius 1 is 1.05 bits per heavy atom. The number of aryl methyl sites for hydroxylation is 1. The van der Waals surface area contributed by atoms with E-state index in [0.29, 0.717) is 24.1 Å². The molecule has 1 aromatic heterocycles. The van der Waals surface area contributed by atoms with Crippen LogP contribution in [0.15, 0.2) is 65.0 Å². The van der Waals surface area contributed by atoms with Gasteiger partial charge in [-0.05, 0) is 72.7 Å². The number of rotatable bonds is 5. The lowest BCUT2D eigenvalue weighted by atomic mass is 9.78. The minimum absolute atomic E-state index is 0.0175. The van der Waals surface area contributed by atoms with Crippen LogP contribution in [0.1, 0.15) is 75.5 Å². The van der Waals surface area contributed by atoms with Crippen molar-refractivity contribution in [2.75, 3.05) is 7.11 Å². The van der Waals surface area contributed by atoms with Crippen molar-refractivity contribution < 1.29 is 24.0 Å². The second-order valence-corrected chi connectivity index (χ2v) is 10.2. The number of nitro groups is 1. The molecule has 0 saturated heterocycles. The number of benzene rings is 1. The predicted molar refractivity (Wildman–Crippen MR) is 146 cm³/mol. The zero-order chi connectivity index (χ0) is 27.9. The number of para-hydroxylation sites is 1. The van der Waals surface area contributed by atoms with Gasteiger partial charge in [0.15, 0.2) is 5.78 Å². The number of ether oxygens (including phenoxy) is 2. The molecule has 9 nitrogen and oxygen atoms in total. The van der Waals surface area contributed by atoms with Crippen LogP contribution < -0.4 is 10.1 Å². The number of esters is 1. The van der Waals surface area contributed by atoms with E-state index in [1.54, 1.807) is 26.2 Å². The zero-order valence-corrected chi connectivity index (χ0v) is 22.7. The molecule has 0 spiro atoms. The smallest absolute Gasteiger partial charge is 0.363 e. The third-order valence-electron chi connectivity index (χ3n) is 7.44. The molecule has 1 aromatic carbocycles. The van der Waals surface area contributed by atoms with Gasteiger partial charge in [0.1, 0.15) is 17.5 Å². The number of aromatic nitrogens is 1. The van der Waals surface area contributed by atoms with Gasteiger partial charge in [-0.3, -0.25) is 4.79 Å². The number of allylic oxidation sites excluding steroid dienone is 3. The van der Waals surface area contributed by atoms with Crippen molar-refractivity contribution >= 4 is 17.6 Å². The van der Waals surface area contributed by atoms with Crippen molar-refractivity contribution in [2.45, 2.75) is 77.2 Å². The first-order valence-corrected chi connectivity index (χ1v) is 13.4. The third kappa shape index (κ3) is 6.90. The normalized spacial score (nSPS) is 19.4. The number of ketones is 1. The summed E-state index contributed by atoms with van der Waals surface area (Å²) in [6.07, 6.45) is 6.90. The summed E-state index contributed by atoms with van der Waals surface area (Å²) >= 11 is 0. The molecular weight excluding hydrogens is 498 g/mol. The van der Waals surface area contributed by atoms with E-state index in [2.05, 4.69) is 10.3 Å². The largest absolute Gasteiger partial charge is 0.496 e. The maximum Gasteiger partial charge on any atom is 0.363 e. The molecule has 1 N–H and O–H groups in total. The Hall–Kier alpha value is -4.01. The zero-order valence-electron chi connectivity index (χ0n) is 22.7. The number of methoxy groups -OCH3 is 1. The Kier molecular flexibility index (Phi) is 9.11. The van der Waals surface area contributed by atoms with Gasteiger partial charge in [-0.15, -0.1) is 0 Å². The summed E-state index contributed by atoms with van der Waals surface area (Å²) in [6, 6.07) is 12.6. The van der Waals surface area contributed by atoms with Gasteiger partial charge in [-0.25, -0.2) is 4.79 Å². The van der Waals surface area contributed by atoms with E-state index in [9.17, 15) is 19.7 Å². The van der Waals surface area contributed by atoms with Crippen LogP contribution in [0.4, 0.5) is 5.82 Å². The van der Waals surface area contributed by atoms with Gasteiger partial charge in [0.25, 0.3) is 0 Å². The van der Waals surface area contributed by atoms with E-state index in [1.807, 2.05) is 31.2 Å². The molecule has 2 heterocycles. The van der Waals surface area contributed by atoms with Crippen LogP contribution in [0.25, 0.3) is 0 Å². The molecule has 1 aliphatic heterocycles. The van der Waals surface area contributed by atoms with Crippen molar-refractivity contribution in [3.8, 4) is 5.75 Å². The maximum absolute atomic E-state index is 13.0. The van der Waals surface area contributed by atoms with E-state index < -0.39 is 4.92 Å². The Morgan fingerprint density at radius 2 is 1.79 bits per heavy atom. The number of nitrogens with zero attached hydrogens (tertiary/aromatic N) is 2. The van der Waals surface area contributed by atoms with Gasteiger partial charge < -0.3 is 24.9 Å². The topological polar surface area (TPSA) is 121 Å². The molecular formula is C30H35N3O6. The monoisotopic (exact) mass is 533 g/mol. The Balaban J connectivity index is 0.000000298. The van der Waals surface area contributed by atoms with Crippen LogP contribution in [-0.4, -0.2) is 34.9 Å². The van der Waals surface area contributed by atoms with E-state index in [0.717, 1.165) is 60.4 Å². The molecule has 1 unspecified atom stereocenters. The Labute approximate surface area is 228 Å². The highest BCUT2D eigenvalue weighted by Crippen LogP contribution is 2.41. The van der Waals surface area contributed by atoms with Gasteiger partial charge in [-0.2, -0.15) is 0 Å². The van der Waals surface area contributed by atoms with E-state index in [-0.39, 0.29) is 29.6 Å². The number of carbonyl (C=O) groups excluding carboxylic acids is 2. The van der Waals surface area contributed by atoms with Crippen molar-refractivity contribution in [2.24, 2.45) is 0 Å². The molecule has 2 aromatic rings. The second kappa shape index (κ2) is 12.7. The number of carbonyl (C=O) groups is 2. The molecule has 39 heavy (non-hydrogen) atoms. The number of pyridine rings is 1. The van der Waals surface area contributed by atoms with Crippen LogP contribution in [0.2, 0.25) is 0 Å². The number of Topliss-reactive ketones (excluding diaryl/α,β-unsaturated/α-hetero) is 1. The number of hydrogen-bond acceptors (Lipinski definition) is 8. The summed E-state index contributed by atoms with van der Waals surface area (Å²) in [5.74, 6) is 0.626. The summed E-state index contributed by atoms with van der Waals surface area (Å²) in [7, 11) is 1.66. The van der Waals surface area contributed by atoms with Crippen molar-refractivity contribution in [3.05, 3.63) is 86.4 Å². The molecule has 1 saturated carbocycles. The van der Waals surface area contributed by atoms with Gasteiger partial charge in [0.05, 0.1) is 12.7 Å². The standard InChI is InChI=1S/C24H29NO4.C6H6N2O2/c1-15-19(24(27)29-17-8-4-3-5-9-17)14-20-21(25-15)12-16(13-22(20)26)18-10-6-7-11-23(18)28-2;1-5-3-2-4-6(7-5)8(9)10/h6-7,10-11,16-17,25H,3-5,8-9,12-14H2,1-2H3;2-4H,1H3. The van der Waals surface area contributed by atoms with Crippen molar-refractivity contribution in [1.29, 1.82) is 0 Å². The SMILES string of the molecule is COc1ccccc1C1CC(=O)C2=C(C1)NC(C)=C(C(=O)OC1CCCCC1)C2.Cc1cccc([N+](=O)[O-])n1. The van der Waals surface area contributed by atoms with Gasteiger partial charge in [0.2, 0.25) is 0 Å². The van der Waals surface area contributed by atoms with Gasteiger partial charge >= 0.3 is 11.8 Å². The Bertz CT molecular complexity index is 1310. The molecule has 206 valence electrons. The predicted octanol–water partition coefficient (Wildman–Crippen LogP) is 5.84. The van der Waals surface area contributed by atoms with E-state index in [1.165, 1.54) is 12.5 Å². The lowest BCUT2D eigenvalue weighted by Crippen LogP contribution is -2.32. The lowest BCUT2D eigenvalue weighted by Gasteiger charge is -2.32. The molecule has 3 aliphatic rings. The first-order chi connectivity index (χ1) is 18.8. The summed E-state index contributed by atoms with van der Waals surface area (Å²) in [4.78, 5) is 39.0. The molecule has 0 bridgehead atoms. The van der Waals surface area contributed by atoms with Crippen LogP contribution in [0, 0.1) is 17.0 Å². The highest BCUT2D eigenvalue weighted by Gasteiger charge is 2.35. The fraction of sp³-hybridized carbons (Fsp3) is 0.433. The molecule has 5 rings (SSSR count). The average molecular weight is 534 g/mol. The van der Waals surface area contributed by atoms with Crippen molar-refractivity contribution in [3.63, 3.8) is 0 Å². The first-order valence-electron chi connectivity index (χ1n) is 13.4. The van der Waals surface area contributed by atoms with Crippen LogP contribution in [0.5, 0.6) is 5.75 Å². The van der Waals surface area contributed by atoms with Crippen molar-refractivity contribution in [1.82, 2.24) is 10.3 Å². The van der Waals surface area contributed by atoms with Crippen LogP contribution >= 0.6 is 0 Å². The molecule has 1 atom stereocenters. The quantitative estimate of drug-likeness (QED) is 0.289. The molecule has 9 heteroatoms. The molecule has 1 fully saturated rings. The van der Waals surface area contributed by atoms with Gasteiger partial charge in [-0.1, -0.05) is 24.6 Å². The average Bonchev–Trinajstić information content (AvgIpc) is 2.93. The van der Waals surface area contributed by atoms with E-state index in [4.69, 9.17) is 9.47 Å². The maximum atomic E-state index is 13.0. The number of hydrogen-bond donors (Lipinski definition) is 1. The third-order valence-corrected chi connectivity index (χ3v) is 7.44. The lowest BCUT2D eigenvalue weighted by molar-refractivity contribution is -0.389. The highest BCUT2D eigenvalue weighted by molar-refractivity contribution is 6.01. The molecule has 2 aliphatic carbocycles. The summed E-state index contributed by atoms with van der Waals surface area (Å²) < 4.78 is 11.2. The van der Waals surface area contributed by atoms with E-state index >= 15 is 0 Å². The second-order valence-electron chi connectivity index (χ2n) is 10.2. The summed E-state index contributed by atoms with van der Waals surface area (Å²) in [6.45, 7) is 3.62. The van der Waals surface area contributed by atoms with Gasteiger partial charge in [0, 0.05) is 48.7 Å². The number of nitrogens with one attached hydrogen (secondary N) is 1. The Morgan fingerprint density at radius 3 is 2.46 bits per heavy atom.